The fourth-order valence-electron chi connectivity index (χ4n) is 1.86. The van der Waals surface area contributed by atoms with Crippen molar-refractivity contribution in [3.8, 4) is 0 Å². The highest BCUT2D eigenvalue weighted by atomic mass is 32.2. The van der Waals surface area contributed by atoms with Gasteiger partial charge in [-0.1, -0.05) is 0 Å². The Morgan fingerprint density at radius 3 is 1.95 bits per heavy atom. The van der Waals surface area contributed by atoms with Gasteiger partial charge in [0.05, 0.1) is 4.90 Å². The number of anilines is 1. The smallest absolute Gasteiger partial charge is 0.323 e. The molecule has 21 heavy (non-hydrogen) atoms. The van der Waals surface area contributed by atoms with Gasteiger partial charge in [-0.15, -0.1) is 0 Å². The van der Waals surface area contributed by atoms with Crippen LogP contribution in [0.25, 0.3) is 0 Å². The minimum atomic E-state index is -3.48. The van der Waals surface area contributed by atoms with Crippen molar-refractivity contribution < 1.29 is 18.3 Å². The van der Waals surface area contributed by atoms with Crippen LogP contribution < -0.4 is 4.90 Å². The zero-order valence-corrected chi connectivity index (χ0v) is 13.8. The lowest BCUT2D eigenvalue weighted by Gasteiger charge is -2.36. The maximum atomic E-state index is 12.0. The molecule has 0 heterocycles. The van der Waals surface area contributed by atoms with Crippen LogP contribution in [0.1, 0.15) is 20.8 Å². The van der Waals surface area contributed by atoms with Crippen LogP contribution >= 0.6 is 0 Å². The molecule has 0 aromatic heterocycles. The van der Waals surface area contributed by atoms with Gasteiger partial charge in [0, 0.05) is 25.3 Å². The van der Waals surface area contributed by atoms with Gasteiger partial charge in [0.1, 0.15) is 6.54 Å². The number of carboxylic acid groups (broad SMARTS) is 1. The van der Waals surface area contributed by atoms with E-state index in [0.29, 0.717) is 5.69 Å². The monoisotopic (exact) mass is 314 g/mol. The van der Waals surface area contributed by atoms with Gasteiger partial charge < -0.3 is 10.0 Å². The number of carboxylic acids is 1. The SMILES string of the molecule is CN(C)S(=O)(=O)c1ccc(N(CC(=O)O)C(C)(C)C)cc1. The first-order valence-electron chi connectivity index (χ1n) is 6.48. The number of nitrogens with zero attached hydrogens (tertiary/aromatic N) is 2. The lowest BCUT2D eigenvalue weighted by atomic mass is 10.0. The van der Waals surface area contributed by atoms with E-state index in [9.17, 15) is 13.2 Å². The predicted octanol–water partition coefficient (Wildman–Crippen LogP) is 1.63. The van der Waals surface area contributed by atoms with E-state index in [2.05, 4.69) is 0 Å². The Kier molecular flexibility index (Phi) is 5.01. The molecule has 0 aliphatic heterocycles. The zero-order chi connectivity index (χ0) is 16.4. The van der Waals surface area contributed by atoms with Crippen molar-refractivity contribution in [2.75, 3.05) is 25.5 Å². The average Bonchev–Trinajstić information content (AvgIpc) is 2.34. The van der Waals surface area contributed by atoms with Crippen LogP contribution in [-0.2, 0) is 14.8 Å². The molecule has 0 aliphatic rings. The summed E-state index contributed by atoms with van der Waals surface area (Å²) in [5.74, 6) is -0.935. The van der Waals surface area contributed by atoms with Crippen molar-refractivity contribution in [2.24, 2.45) is 0 Å². The Labute approximate surface area is 126 Å². The maximum absolute atomic E-state index is 12.0. The second-order valence-electron chi connectivity index (χ2n) is 5.93. The van der Waals surface area contributed by atoms with Gasteiger partial charge in [-0.25, -0.2) is 12.7 Å². The Balaban J connectivity index is 3.18. The minimum absolute atomic E-state index is 0.150. The molecule has 0 saturated carbocycles. The fraction of sp³-hybridized carbons (Fsp3) is 0.500. The fourth-order valence-corrected chi connectivity index (χ4v) is 2.76. The number of hydrogen-bond donors (Lipinski definition) is 1. The first-order chi connectivity index (χ1) is 9.46. The highest BCUT2D eigenvalue weighted by Gasteiger charge is 2.25. The second-order valence-corrected chi connectivity index (χ2v) is 8.08. The molecule has 6 nitrogen and oxygen atoms in total. The Bertz CT molecular complexity index is 601. The summed E-state index contributed by atoms with van der Waals surface area (Å²) in [6.45, 7) is 5.56. The van der Waals surface area contributed by atoms with E-state index < -0.39 is 16.0 Å². The third kappa shape index (κ3) is 4.18. The summed E-state index contributed by atoms with van der Waals surface area (Å²) in [5, 5.41) is 9.02. The van der Waals surface area contributed by atoms with Crippen molar-refractivity contribution in [3.05, 3.63) is 24.3 Å². The van der Waals surface area contributed by atoms with E-state index in [1.165, 1.54) is 26.2 Å². The van der Waals surface area contributed by atoms with Crippen molar-refractivity contribution in [1.82, 2.24) is 4.31 Å². The van der Waals surface area contributed by atoms with Gasteiger partial charge in [0.2, 0.25) is 10.0 Å². The number of benzene rings is 1. The Morgan fingerprint density at radius 1 is 1.14 bits per heavy atom. The molecule has 1 aromatic carbocycles. The molecule has 118 valence electrons. The molecule has 0 atom stereocenters. The number of aliphatic carboxylic acids is 1. The largest absolute Gasteiger partial charge is 0.480 e. The van der Waals surface area contributed by atoms with Crippen LogP contribution in [0, 0.1) is 0 Å². The summed E-state index contributed by atoms with van der Waals surface area (Å²) in [6.07, 6.45) is 0. The topological polar surface area (TPSA) is 77.9 Å². The minimum Gasteiger partial charge on any atom is -0.480 e. The third-order valence-electron chi connectivity index (χ3n) is 3.03. The van der Waals surface area contributed by atoms with Gasteiger partial charge in [0.15, 0.2) is 0 Å². The highest BCUT2D eigenvalue weighted by molar-refractivity contribution is 7.89. The second kappa shape index (κ2) is 6.03. The van der Waals surface area contributed by atoms with Crippen LogP contribution in [-0.4, -0.2) is 50.0 Å². The first-order valence-corrected chi connectivity index (χ1v) is 7.92. The molecular weight excluding hydrogens is 292 g/mol. The summed E-state index contributed by atoms with van der Waals surface area (Å²) in [6, 6.07) is 6.24. The molecule has 0 fully saturated rings. The quantitative estimate of drug-likeness (QED) is 0.893. The summed E-state index contributed by atoms with van der Waals surface area (Å²) < 4.78 is 25.2. The zero-order valence-electron chi connectivity index (χ0n) is 13.0. The molecular formula is C14H22N2O4S. The average molecular weight is 314 g/mol. The van der Waals surface area contributed by atoms with Crippen LogP contribution in [0.3, 0.4) is 0 Å². The lowest BCUT2D eigenvalue weighted by Crippen LogP contribution is -2.44. The van der Waals surface area contributed by atoms with Crippen LogP contribution in [0.4, 0.5) is 5.69 Å². The molecule has 0 amide bonds. The van der Waals surface area contributed by atoms with Crippen molar-refractivity contribution in [1.29, 1.82) is 0 Å². The van der Waals surface area contributed by atoms with Gasteiger partial charge in [-0.3, -0.25) is 4.79 Å². The van der Waals surface area contributed by atoms with E-state index in [-0.39, 0.29) is 17.0 Å². The number of hydrogen-bond acceptors (Lipinski definition) is 4. The summed E-state index contributed by atoms with van der Waals surface area (Å²) in [7, 11) is -0.545. The van der Waals surface area contributed by atoms with Crippen LogP contribution in [0.15, 0.2) is 29.2 Å². The molecule has 0 saturated heterocycles. The van der Waals surface area contributed by atoms with Crippen molar-refractivity contribution >= 4 is 21.7 Å². The molecule has 0 aliphatic carbocycles. The number of sulfonamides is 1. The van der Waals surface area contributed by atoms with Crippen molar-refractivity contribution in [3.63, 3.8) is 0 Å². The van der Waals surface area contributed by atoms with Gasteiger partial charge >= 0.3 is 5.97 Å². The normalized spacial score (nSPS) is 12.5. The van der Waals surface area contributed by atoms with Crippen LogP contribution in [0.5, 0.6) is 0 Å². The van der Waals surface area contributed by atoms with E-state index in [1.807, 2.05) is 20.8 Å². The van der Waals surface area contributed by atoms with Gasteiger partial charge in [-0.2, -0.15) is 0 Å². The van der Waals surface area contributed by atoms with E-state index >= 15 is 0 Å². The Hall–Kier alpha value is -1.60. The summed E-state index contributed by atoms with van der Waals surface area (Å²) in [5.41, 5.74) is 0.281. The molecule has 0 unspecified atom stereocenters. The molecule has 0 bridgehead atoms. The first kappa shape index (κ1) is 17.5. The molecule has 7 heteroatoms. The van der Waals surface area contributed by atoms with Crippen LogP contribution in [0.2, 0.25) is 0 Å². The predicted molar refractivity (Wildman–Crippen MR) is 82.0 cm³/mol. The molecule has 0 spiro atoms. The molecule has 1 N–H and O–H groups in total. The van der Waals surface area contributed by atoms with Gasteiger partial charge in [0.25, 0.3) is 0 Å². The highest BCUT2D eigenvalue weighted by Crippen LogP contribution is 2.25. The van der Waals surface area contributed by atoms with Gasteiger partial charge in [-0.05, 0) is 45.0 Å². The third-order valence-corrected chi connectivity index (χ3v) is 4.86. The summed E-state index contributed by atoms with van der Waals surface area (Å²) >= 11 is 0. The molecule has 1 aromatic rings. The Morgan fingerprint density at radius 2 is 1.62 bits per heavy atom. The lowest BCUT2D eigenvalue weighted by molar-refractivity contribution is -0.135. The molecule has 1 rings (SSSR count). The van der Waals surface area contributed by atoms with E-state index in [4.69, 9.17) is 5.11 Å². The van der Waals surface area contributed by atoms with E-state index in [0.717, 1.165) is 4.31 Å². The van der Waals surface area contributed by atoms with Crippen molar-refractivity contribution in [2.45, 2.75) is 31.2 Å². The standard InChI is InChI=1S/C14H22N2O4S/c1-14(2,3)16(10-13(17)18)11-6-8-12(9-7-11)21(19,20)15(4)5/h6-9H,10H2,1-5H3,(H,17,18). The number of carbonyl (C=O) groups is 1. The van der Waals surface area contributed by atoms with E-state index in [1.54, 1.807) is 17.0 Å². The maximum Gasteiger partial charge on any atom is 0.323 e. The number of rotatable bonds is 5. The summed E-state index contributed by atoms with van der Waals surface area (Å²) in [4.78, 5) is 12.9. The molecule has 0 radical (unpaired) electrons.